The van der Waals surface area contributed by atoms with Crippen molar-refractivity contribution >= 4 is 17.5 Å². The molecule has 0 aliphatic carbocycles. The van der Waals surface area contributed by atoms with Gasteiger partial charge in [-0.05, 0) is 18.2 Å². The number of anilines is 1. The standard InChI is InChI=1S/C18H16FN5O3/c1-24-7-5-18(27,17(24)26)4-2-10-8-11(14(19)12(20)9-10)16-22-6-3-13(23-16)15(21)25/h3,6,8-9,27H,5,7,20H2,1H3,(H2,21,25)/t18-/m0/s1. The lowest BCUT2D eigenvalue weighted by Crippen LogP contribution is -2.37. The van der Waals surface area contributed by atoms with E-state index in [2.05, 4.69) is 21.8 Å². The summed E-state index contributed by atoms with van der Waals surface area (Å²) in [5.41, 5.74) is 8.97. The molecule has 2 aromatic rings. The number of nitrogens with zero attached hydrogens (tertiary/aromatic N) is 3. The number of carbonyl (C=O) groups is 2. The fourth-order valence-electron chi connectivity index (χ4n) is 2.65. The second-order valence-electron chi connectivity index (χ2n) is 6.14. The van der Waals surface area contributed by atoms with Crippen molar-refractivity contribution in [1.29, 1.82) is 0 Å². The van der Waals surface area contributed by atoms with Crippen molar-refractivity contribution in [2.75, 3.05) is 19.3 Å². The van der Waals surface area contributed by atoms with Crippen LogP contribution in [0.3, 0.4) is 0 Å². The molecule has 3 rings (SSSR count). The average molecular weight is 369 g/mol. The van der Waals surface area contributed by atoms with E-state index in [4.69, 9.17) is 11.5 Å². The summed E-state index contributed by atoms with van der Waals surface area (Å²) in [6.07, 6.45) is 1.44. The first-order valence-electron chi connectivity index (χ1n) is 7.94. The Morgan fingerprint density at radius 3 is 2.81 bits per heavy atom. The lowest BCUT2D eigenvalue weighted by atomic mass is 10.0. The number of hydrogen-bond donors (Lipinski definition) is 3. The van der Waals surface area contributed by atoms with Gasteiger partial charge in [-0.3, -0.25) is 9.59 Å². The largest absolute Gasteiger partial charge is 0.396 e. The maximum Gasteiger partial charge on any atom is 0.267 e. The zero-order chi connectivity index (χ0) is 19.8. The highest BCUT2D eigenvalue weighted by molar-refractivity contribution is 5.91. The second-order valence-corrected chi connectivity index (χ2v) is 6.14. The molecule has 0 unspecified atom stereocenters. The molecule has 2 heterocycles. The molecular formula is C18H16FN5O3. The van der Waals surface area contributed by atoms with Gasteiger partial charge >= 0.3 is 0 Å². The van der Waals surface area contributed by atoms with E-state index in [0.717, 1.165) is 0 Å². The molecule has 0 saturated carbocycles. The minimum atomic E-state index is -1.79. The van der Waals surface area contributed by atoms with E-state index in [1.54, 1.807) is 7.05 Å². The van der Waals surface area contributed by atoms with E-state index in [-0.39, 0.29) is 34.8 Å². The third-order valence-electron chi connectivity index (χ3n) is 4.17. The van der Waals surface area contributed by atoms with Gasteiger partial charge in [0.05, 0.1) is 11.3 Å². The zero-order valence-corrected chi connectivity index (χ0v) is 14.4. The van der Waals surface area contributed by atoms with E-state index in [1.807, 2.05) is 0 Å². The summed E-state index contributed by atoms with van der Waals surface area (Å²) in [6, 6.07) is 3.90. The summed E-state index contributed by atoms with van der Waals surface area (Å²) in [5, 5.41) is 10.4. The van der Waals surface area contributed by atoms with Crippen molar-refractivity contribution in [2.24, 2.45) is 5.73 Å². The van der Waals surface area contributed by atoms with E-state index >= 15 is 0 Å². The molecule has 1 fully saturated rings. The van der Waals surface area contributed by atoms with Gasteiger partial charge in [-0.15, -0.1) is 0 Å². The Hall–Kier alpha value is -3.51. The van der Waals surface area contributed by atoms with Gasteiger partial charge in [-0.1, -0.05) is 11.8 Å². The number of amides is 2. The van der Waals surface area contributed by atoms with Gasteiger partial charge in [-0.25, -0.2) is 14.4 Å². The molecule has 0 spiro atoms. The third kappa shape index (κ3) is 3.43. The Labute approximate surface area is 154 Å². The minimum Gasteiger partial charge on any atom is -0.396 e. The number of aliphatic hydroxyl groups is 1. The van der Waals surface area contributed by atoms with Crippen LogP contribution in [0.15, 0.2) is 24.4 Å². The highest BCUT2D eigenvalue weighted by Crippen LogP contribution is 2.26. The van der Waals surface area contributed by atoms with Crippen LogP contribution in [0.4, 0.5) is 10.1 Å². The molecule has 0 bridgehead atoms. The van der Waals surface area contributed by atoms with Crippen molar-refractivity contribution < 1.29 is 19.1 Å². The quantitative estimate of drug-likeness (QED) is 0.500. The van der Waals surface area contributed by atoms with Crippen molar-refractivity contribution in [3.8, 4) is 23.2 Å². The van der Waals surface area contributed by atoms with Gasteiger partial charge in [0, 0.05) is 31.8 Å². The van der Waals surface area contributed by atoms with E-state index in [1.165, 1.54) is 29.3 Å². The van der Waals surface area contributed by atoms with Crippen LogP contribution in [0.2, 0.25) is 0 Å². The topological polar surface area (TPSA) is 135 Å². The fourth-order valence-corrected chi connectivity index (χ4v) is 2.65. The number of primary amides is 1. The number of halogens is 1. The average Bonchev–Trinajstić information content (AvgIpc) is 2.90. The summed E-state index contributed by atoms with van der Waals surface area (Å²) in [5.74, 6) is 3.03. The summed E-state index contributed by atoms with van der Waals surface area (Å²) >= 11 is 0. The Bertz CT molecular complexity index is 1010. The molecule has 5 N–H and O–H groups in total. The van der Waals surface area contributed by atoms with Gasteiger partial charge < -0.3 is 21.5 Å². The number of hydrogen-bond acceptors (Lipinski definition) is 6. The fraction of sp³-hybridized carbons (Fsp3) is 0.222. The molecule has 1 aliphatic heterocycles. The van der Waals surface area contributed by atoms with Crippen LogP contribution >= 0.6 is 0 Å². The lowest BCUT2D eigenvalue weighted by molar-refractivity contribution is -0.137. The predicted molar refractivity (Wildman–Crippen MR) is 94.4 cm³/mol. The third-order valence-corrected chi connectivity index (χ3v) is 4.17. The van der Waals surface area contributed by atoms with Crippen LogP contribution < -0.4 is 11.5 Å². The van der Waals surface area contributed by atoms with Crippen LogP contribution in [0.5, 0.6) is 0 Å². The smallest absolute Gasteiger partial charge is 0.267 e. The molecule has 2 amide bonds. The van der Waals surface area contributed by atoms with Gasteiger partial charge in [0.2, 0.25) is 5.60 Å². The summed E-state index contributed by atoms with van der Waals surface area (Å²) in [6.45, 7) is 0.384. The molecule has 0 radical (unpaired) electrons. The van der Waals surface area contributed by atoms with Crippen molar-refractivity contribution in [3.63, 3.8) is 0 Å². The second kappa shape index (κ2) is 6.66. The number of rotatable bonds is 2. The van der Waals surface area contributed by atoms with Gasteiger partial charge in [0.15, 0.2) is 11.6 Å². The Balaban J connectivity index is 2.04. The number of carbonyl (C=O) groups excluding carboxylic acids is 2. The molecule has 8 nitrogen and oxygen atoms in total. The van der Waals surface area contributed by atoms with E-state index < -0.39 is 23.2 Å². The minimum absolute atomic E-state index is 0.0794. The first-order chi connectivity index (χ1) is 12.7. The number of aromatic nitrogens is 2. The number of likely N-dealkylation sites (tertiary alicyclic amines) is 1. The number of nitrogen functional groups attached to an aromatic ring is 1. The van der Waals surface area contributed by atoms with Crippen LogP contribution in [0, 0.1) is 17.7 Å². The summed E-state index contributed by atoms with van der Waals surface area (Å²) in [4.78, 5) is 32.5. The predicted octanol–water partition coefficient (Wildman–Crippen LogP) is -0.0915. The molecular weight excluding hydrogens is 353 g/mol. The Morgan fingerprint density at radius 1 is 1.44 bits per heavy atom. The molecule has 1 atom stereocenters. The van der Waals surface area contributed by atoms with Gasteiger partial charge in [-0.2, -0.15) is 0 Å². The van der Waals surface area contributed by atoms with Crippen molar-refractivity contribution in [1.82, 2.24) is 14.9 Å². The normalized spacial score (nSPS) is 18.9. The Kier molecular flexibility index (Phi) is 4.51. The SMILES string of the molecule is CN1CC[C@@](O)(C#Cc2cc(N)c(F)c(-c3nccc(C(N)=O)n3)c2)C1=O. The number of benzene rings is 1. The Morgan fingerprint density at radius 2 is 2.19 bits per heavy atom. The van der Waals surface area contributed by atoms with E-state index in [0.29, 0.717) is 6.54 Å². The van der Waals surface area contributed by atoms with E-state index in [9.17, 15) is 19.1 Å². The highest BCUT2D eigenvalue weighted by Gasteiger charge is 2.42. The number of nitrogens with two attached hydrogens (primary N) is 2. The monoisotopic (exact) mass is 369 g/mol. The molecule has 1 saturated heterocycles. The van der Waals surface area contributed by atoms with Crippen molar-refractivity contribution in [2.45, 2.75) is 12.0 Å². The van der Waals surface area contributed by atoms with Crippen LogP contribution in [-0.2, 0) is 4.79 Å². The van der Waals surface area contributed by atoms with Gasteiger partial charge in [0.1, 0.15) is 5.69 Å². The lowest BCUT2D eigenvalue weighted by Gasteiger charge is -2.13. The maximum absolute atomic E-state index is 14.5. The first-order valence-corrected chi connectivity index (χ1v) is 7.94. The molecule has 138 valence electrons. The first kappa shape index (κ1) is 18.3. The number of likely N-dealkylation sites (N-methyl/N-ethyl adjacent to an activating group) is 1. The summed E-state index contributed by atoms with van der Waals surface area (Å²) in [7, 11) is 1.57. The van der Waals surface area contributed by atoms with Crippen molar-refractivity contribution in [3.05, 3.63) is 41.5 Å². The summed E-state index contributed by atoms with van der Waals surface area (Å²) < 4.78 is 14.5. The van der Waals surface area contributed by atoms with Crippen LogP contribution in [0.1, 0.15) is 22.5 Å². The molecule has 1 aliphatic rings. The zero-order valence-electron chi connectivity index (χ0n) is 14.4. The van der Waals surface area contributed by atoms with Gasteiger partial charge in [0.25, 0.3) is 11.8 Å². The maximum atomic E-state index is 14.5. The molecule has 9 heteroatoms. The molecule has 27 heavy (non-hydrogen) atoms. The van der Waals surface area contributed by atoms with Crippen LogP contribution in [0.25, 0.3) is 11.4 Å². The van der Waals surface area contributed by atoms with Crippen LogP contribution in [-0.4, -0.2) is 51.0 Å². The highest BCUT2D eigenvalue weighted by atomic mass is 19.1. The molecule has 1 aromatic heterocycles. The molecule has 1 aromatic carbocycles.